The summed E-state index contributed by atoms with van der Waals surface area (Å²) in [5, 5.41) is 0.863. The minimum Gasteiger partial charge on any atom is -0.378 e. The number of carbonyl (C=O) groups is 1. The third kappa shape index (κ3) is 4.16. The van der Waals surface area contributed by atoms with Gasteiger partial charge >= 0.3 is 0 Å². The van der Waals surface area contributed by atoms with Crippen molar-refractivity contribution in [3.05, 3.63) is 59.2 Å². The van der Waals surface area contributed by atoms with Crippen molar-refractivity contribution in [2.24, 2.45) is 0 Å². The molecule has 8 nitrogen and oxygen atoms in total. The number of aryl methyl sites for hydroxylation is 2. The zero-order valence-corrected chi connectivity index (χ0v) is 18.5. The lowest BCUT2D eigenvalue weighted by molar-refractivity contribution is 0.0300. The molecule has 0 saturated carbocycles. The van der Waals surface area contributed by atoms with E-state index in [1.54, 1.807) is 0 Å². The van der Waals surface area contributed by atoms with Crippen LogP contribution >= 0.6 is 0 Å². The van der Waals surface area contributed by atoms with E-state index in [1.165, 1.54) is 0 Å². The average molecular weight is 434 g/mol. The highest BCUT2D eigenvalue weighted by atomic mass is 16.5. The Kier molecular flexibility index (Phi) is 5.71. The predicted molar refractivity (Wildman–Crippen MR) is 121 cm³/mol. The van der Waals surface area contributed by atoms with Crippen LogP contribution in [0.25, 0.3) is 10.9 Å². The molecule has 0 unspecified atom stereocenters. The molecule has 2 fully saturated rings. The highest BCUT2D eigenvalue weighted by Crippen LogP contribution is 2.28. The van der Waals surface area contributed by atoms with Crippen LogP contribution in [0.3, 0.4) is 0 Å². The van der Waals surface area contributed by atoms with Crippen LogP contribution < -0.4 is 4.90 Å². The van der Waals surface area contributed by atoms with E-state index in [9.17, 15) is 4.79 Å². The first-order valence-corrected chi connectivity index (χ1v) is 11.0. The number of fused-ring (bicyclic) bond motifs is 1. The molecule has 1 amide bonds. The lowest BCUT2D eigenvalue weighted by Crippen LogP contribution is -2.41. The monoisotopic (exact) mass is 433 g/mol. The molecule has 0 spiro atoms. The molecule has 8 heteroatoms. The largest absolute Gasteiger partial charge is 0.378 e. The number of hydrogen-bond donors (Lipinski definition) is 0. The summed E-state index contributed by atoms with van der Waals surface area (Å²) in [6, 6.07) is 11.7. The fourth-order valence-electron chi connectivity index (χ4n) is 4.37. The van der Waals surface area contributed by atoms with E-state index < -0.39 is 0 Å². The molecule has 2 aliphatic rings. The van der Waals surface area contributed by atoms with Gasteiger partial charge in [0.2, 0.25) is 0 Å². The Morgan fingerprint density at radius 2 is 1.81 bits per heavy atom. The zero-order chi connectivity index (χ0) is 22.1. The van der Waals surface area contributed by atoms with E-state index in [-0.39, 0.29) is 12.0 Å². The minimum absolute atomic E-state index is 0.0165. The molecule has 1 atom stereocenters. The number of ether oxygens (including phenoxy) is 2. The fourth-order valence-corrected chi connectivity index (χ4v) is 4.37. The lowest BCUT2D eigenvalue weighted by Gasteiger charge is -2.34. The van der Waals surface area contributed by atoms with Gasteiger partial charge in [-0.05, 0) is 26.0 Å². The molecule has 1 aromatic carbocycles. The molecule has 32 heavy (non-hydrogen) atoms. The highest BCUT2D eigenvalue weighted by molar-refractivity contribution is 6.06. The quantitative estimate of drug-likeness (QED) is 0.628. The number of aromatic nitrogens is 3. The second-order valence-electron chi connectivity index (χ2n) is 8.24. The van der Waals surface area contributed by atoms with Crippen LogP contribution in [0.4, 0.5) is 5.82 Å². The van der Waals surface area contributed by atoms with Crippen molar-refractivity contribution >= 4 is 22.6 Å². The van der Waals surface area contributed by atoms with Crippen LogP contribution in [0.2, 0.25) is 0 Å². The van der Waals surface area contributed by atoms with Crippen molar-refractivity contribution in [3.8, 4) is 0 Å². The van der Waals surface area contributed by atoms with Crippen molar-refractivity contribution in [2.45, 2.75) is 20.0 Å². The normalized spacial score (nSPS) is 19.4. The summed E-state index contributed by atoms with van der Waals surface area (Å²) >= 11 is 0. The van der Waals surface area contributed by atoms with Gasteiger partial charge in [0.15, 0.2) is 0 Å². The second kappa shape index (κ2) is 8.80. The maximum absolute atomic E-state index is 13.4. The van der Waals surface area contributed by atoms with Gasteiger partial charge in [0.1, 0.15) is 17.7 Å². The topological polar surface area (TPSA) is 80.7 Å². The average Bonchev–Trinajstić information content (AvgIpc) is 2.83. The van der Waals surface area contributed by atoms with Crippen LogP contribution in [0.15, 0.2) is 36.4 Å². The van der Waals surface area contributed by atoms with Crippen molar-refractivity contribution in [1.82, 2.24) is 19.9 Å². The number of carbonyl (C=O) groups excluding carboxylic acids is 1. The molecule has 0 N–H and O–H groups in total. The Bertz CT molecular complexity index is 1130. The number of para-hydroxylation sites is 1. The SMILES string of the molecule is Cc1cc(N2CCO[C@@H](c3cc(C(=O)N4CCOCC4)c4ccccc4n3)C2)nc(C)n1. The summed E-state index contributed by atoms with van der Waals surface area (Å²) in [7, 11) is 0. The number of pyridine rings is 1. The number of morpholine rings is 2. The van der Waals surface area contributed by atoms with Gasteiger partial charge in [0.25, 0.3) is 5.91 Å². The van der Waals surface area contributed by atoms with Gasteiger partial charge in [-0.15, -0.1) is 0 Å². The lowest BCUT2D eigenvalue weighted by atomic mass is 10.0. The summed E-state index contributed by atoms with van der Waals surface area (Å²) in [6.07, 6.45) is -0.250. The van der Waals surface area contributed by atoms with Crippen LogP contribution in [-0.4, -0.2) is 71.8 Å². The van der Waals surface area contributed by atoms with Gasteiger partial charge in [-0.3, -0.25) is 4.79 Å². The molecule has 2 aromatic heterocycles. The van der Waals surface area contributed by atoms with Crippen molar-refractivity contribution in [3.63, 3.8) is 0 Å². The van der Waals surface area contributed by atoms with E-state index in [4.69, 9.17) is 14.5 Å². The summed E-state index contributed by atoms with van der Waals surface area (Å²) < 4.78 is 11.5. The third-order valence-corrected chi connectivity index (χ3v) is 5.94. The number of amides is 1. The number of benzene rings is 1. The molecule has 4 heterocycles. The second-order valence-corrected chi connectivity index (χ2v) is 8.24. The highest BCUT2D eigenvalue weighted by Gasteiger charge is 2.27. The predicted octanol–water partition coefficient (Wildman–Crippen LogP) is 2.69. The minimum atomic E-state index is -0.250. The maximum Gasteiger partial charge on any atom is 0.254 e. The molecule has 3 aromatic rings. The molecule has 0 bridgehead atoms. The Morgan fingerprint density at radius 1 is 1.00 bits per heavy atom. The molecular weight excluding hydrogens is 406 g/mol. The molecular formula is C24H27N5O3. The van der Waals surface area contributed by atoms with Crippen LogP contribution in [-0.2, 0) is 9.47 Å². The maximum atomic E-state index is 13.4. The molecule has 2 aliphatic heterocycles. The van der Waals surface area contributed by atoms with E-state index in [0.717, 1.165) is 40.5 Å². The summed E-state index contributed by atoms with van der Waals surface area (Å²) in [5.74, 6) is 1.67. The molecule has 0 aliphatic carbocycles. The van der Waals surface area contributed by atoms with Crippen molar-refractivity contribution in [1.29, 1.82) is 0 Å². The van der Waals surface area contributed by atoms with Crippen LogP contribution in [0.1, 0.15) is 33.7 Å². The number of nitrogens with zero attached hydrogens (tertiary/aromatic N) is 5. The number of anilines is 1. The van der Waals surface area contributed by atoms with Crippen LogP contribution in [0, 0.1) is 13.8 Å². The molecule has 166 valence electrons. The zero-order valence-electron chi connectivity index (χ0n) is 18.5. The fraction of sp³-hybridized carbons (Fsp3) is 0.417. The first-order valence-electron chi connectivity index (χ1n) is 11.0. The van der Waals surface area contributed by atoms with Crippen molar-refractivity contribution in [2.75, 3.05) is 50.9 Å². The summed E-state index contributed by atoms with van der Waals surface area (Å²) in [6.45, 7) is 8.16. The van der Waals surface area contributed by atoms with E-state index in [0.29, 0.717) is 45.0 Å². The van der Waals surface area contributed by atoms with Gasteiger partial charge in [0.05, 0.1) is 43.1 Å². The number of rotatable bonds is 3. The third-order valence-electron chi connectivity index (χ3n) is 5.94. The van der Waals surface area contributed by atoms with Gasteiger partial charge < -0.3 is 19.3 Å². The molecule has 0 radical (unpaired) electrons. The Labute approximate surface area is 187 Å². The van der Waals surface area contributed by atoms with Gasteiger partial charge in [-0.25, -0.2) is 15.0 Å². The van der Waals surface area contributed by atoms with E-state index >= 15 is 0 Å². The standard InChI is InChI=1S/C24H27N5O3/c1-16-13-23(26-17(2)25-16)29-9-12-32-22(15-29)21-14-19(18-5-3-4-6-20(18)27-21)24(30)28-7-10-31-11-8-28/h3-6,13-14,22H,7-12,15H2,1-2H3/t22-/m1/s1. The number of hydrogen-bond acceptors (Lipinski definition) is 7. The smallest absolute Gasteiger partial charge is 0.254 e. The van der Waals surface area contributed by atoms with Gasteiger partial charge in [-0.1, -0.05) is 18.2 Å². The van der Waals surface area contributed by atoms with Crippen molar-refractivity contribution < 1.29 is 14.3 Å². The molecule has 2 saturated heterocycles. The molecule has 5 rings (SSSR count). The summed E-state index contributed by atoms with van der Waals surface area (Å²) in [5.41, 5.74) is 3.18. The van der Waals surface area contributed by atoms with Gasteiger partial charge in [0, 0.05) is 36.8 Å². The first kappa shape index (κ1) is 20.8. The van der Waals surface area contributed by atoms with Crippen LogP contribution in [0.5, 0.6) is 0 Å². The summed E-state index contributed by atoms with van der Waals surface area (Å²) in [4.78, 5) is 31.3. The van der Waals surface area contributed by atoms with E-state index in [2.05, 4.69) is 14.9 Å². The Balaban J connectivity index is 1.49. The Morgan fingerprint density at radius 3 is 2.62 bits per heavy atom. The Hall–Kier alpha value is -3.10. The van der Waals surface area contributed by atoms with Gasteiger partial charge in [-0.2, -0.15) is 0 Å². The first-order chi connectivity index (χ1) is 15.6. The van der Waals surface area contributed by atoms with E-state index in [1.807, 2.05) is 55.1 Å².